The van der Waals surface area contributed by atoms with Crippen molar-refractivity contribution in [1.29, 1.82) is 0 Å². The zero-order valence-corrected chi connectivity index (χ0v) is 23.5. The number of nitrogens with one attached hydrogen (secondary N) is 1. The van der Waals surface area contributed by atoms with Crippen molar-refractivity contribution in [3.8, 4) is 11.1 Å². The third-order valence-corrected chi connectivity index (χ3v) is 8.63. The number of carbonyl (C=O) groups is 4. The van der Waals surface area contributed by atoms with Crippen LogP contribution in [0.5, 0.6) is 0 Å². The van der Waals surface area contributed by atoms with Crippen LogP contribution in [0.1, 0.15) is 50.5 Å². The molecule has 1 aliphatic rings. The lowest BCUT2D eigenvalue weighted by Crippen LogP contribution is -2.56. The second-order valence-corrected chi connectivity index (χ2v) is 12.4. The maximum absolute atomic E-state index is 13.8. The van der Waals surface area contributed by atoms with E-state index in [9.17, 15) is 32.7 Å². The fourth-order valence-corrected chi connectivity index (χ4v) is 6.42. The maximum Gasteiger partial charge on any atom is 0.323 e. The standard InChI is InChI=1S/C29H37N3O8S/c30-24(29(37)38)15-16-26(33)31-25(28(36)32(17-27(34)35)23-9-5-2-6-10-23)19-41(39,40)18-20-11-13-22(14-12-20)21-7-3-1-4-8-21/h1,3-4,7-8,11-14,23-25H,2,5-6,9-10,15-19,30H2,(H,31,33)(H,34,35)(H,37,38)/t24-,25-/m0/s1/i/hD. The minimum atomic E-state index is -4.10. The van der Waals surface area contributed by atoms with Crippen molar-refractivity contribution in [3.05, 3.63) is 60.2 Å². The Labute approximate surface area is 241 Å². The predicted molar refractivity (Wildman–Crippen MR) is 152 cm³/mol. The van der Waals surface area contributed by atoms with Crippen LogP contribution in [0.25, 0.3) is 11.1 Å². The number of sulfone groups is 1. The molecule has 2 aromatic rings. The summed E-state index contributed by atoms with van der Waals surface area (Å²) >= 11 is 0. The molecule has 2 amide bonds. The van der Waals surface area contributed by atoms with Gasteiger partial charge in [0.1, 0.15) is 18.6 Å². The number of carbonyl (C=O) groups excluding carboxylic acids is 2. The van der Waals surface area contributed by atoms with E-state index in [1.54, 1.807) is 24.3 Å². The molecule has 0 heterocycles. The monoisotopic (exact) mass is 588 g/mol. The van der Waals surface area contributed by atoms with Gasteiger partial charge in [-0.1, -0.05) is 73.9 Å². The lowest BCUT2D eigenvalue weighted by molar-refractivity contribution is -0.148. The maximum atomic E-state index is 13.8. The number of amides is 2. The highest BCUT2D eigenvalue weighted by Gasteiger charge is 2.35. The van der Waals surface area contributed by atoms with E-state index in [4.69, 9.17) is 12.3 Å². The summed E-state index contributed by atoms with van der Waals surface area (Å²) in [6.07, 6.45) is 2.63. The first kappa shape index (κ1) is 30.2. The molecular formula is C29H37N3O8S. The second kappa shape index (κ2) is 14.7. The van der Waals surface area contributed by atoms with E-state index in [-0.39, 0.29) is 11.7 Å². The molecule has 0 spiro atoms. The molecule has 1 fully saturated rings. The summed E-state index contributed by atoms with van der Waals surface area (Å²) in [6, 6.07) is 12.6. The largest absolute Gasteiger partial charge is 0.480 e. The third-order valence-electron chi connectivity index (χ3n) is 7.03. The van der Waals surface area contributed by atoms with E-state index in [1.807, 2.05) is 30.3 Å². The molecule has 0 aromatic heterocycles. The van der Waals surface area contributed by atoms with Gasteiger partial charge < -0.3 is 26.2 Å². The fourth-order valence-electron chi connectivity index (χ4n) is 4.90. The average molecular weight is 589 g/mol. The summed E-state index contributed by atoms with van der Waals surface area (Å²) in [5, 5.41) is 18.8. The van der Waals surface area contributed by atoms with Crippen LogP contribution in [0.2, 0.25) is 1.41 Å². The Hall–Kier alpha value is -3.77. The fraction of sp³-hybridized carbons (Fsp3) is 0.448. The average Bonchev–Trinajstić information content (AvgIpc) is 2.97. The molecule has 12 heteroatoms. The van der Waals surface area contributed by atoms with Crippen LogP contribution < -0.4 is 11.0 Å². The van der Waals surface area contributed by atoms with E-state index in [0.29, 0.717) is 18.4 Å². The number of nitrogens with zero attached hydrogens (tertiary/aromatic N) is 1. The summed E-state index contributed by atoms with van der Waals surface area (Å²) in [4.78, 5) is 50.4. The van der Waals surface area contributed by atoms with Crippen molar-refractivity contribution in [2.75, 3.05) is 12.3 Å². The Balaban J connectivity index is 1.85. The first-order valence-corrected chi connectivity index (χ1v) is 15.4. The number of aliphatic carboxylic acids is 2. The Morgan fingerprint density at radius 3 is 2.17 bits per heavy atom. The van der Waals surface area contributed by atoms with Crippen LogP contribution in [-0.4, -0.2) is 77.7 Å². The number of benzene rings is 2. The molecule has 1 saturated carbocycles. The number of hydrogen-bond acceptors (Lipinski definition) is 7. The molecule has 0 bridgehead atoms. The van der Waals surface area contributed by atoms with E-state index < -0.39 is 76.2 Å². The molecular weight excluding hydrogens is 550 g/mol. The summed E-state index contributed by atoms with van der Waals surface area (Å²) < 4.78 is 35.2. The van der Waals surface area contributed by atoms with Crippen molar-refractivity contribution in [2.45, 2.75) is 68.8 Å². The van der Waals surface area contributed by atoms with Crippen molar-refractivity contribution < 1.29 is 39.2 Å². The molecule has 2 aromatic carbocycles. The van der Waals surface area contributed by atoms with Gasteiger partial charge in [-0.15, -0.1) is 0 Å². The molecule has 3 rings (SSSR count). The van der Waals surface area contributed by atoms with E-state index >= 15 is 0 Å². The lowest BCUT2D eigenvalue weighted by atomic mass is 9.93. The molecule has 2 atom stereocenters. The lowest BCUT2D eigenvalue weighted by Gasteiger charge is -2.35. The third kappa shape index (κ3) is 9.98. The van der Waals surface area contributed by atoms with Gasteiger partial charge in [0.05, 0.1) is 11.5 Å². The van der Waals surface area contributed by atoms with Crippen molar-refractivity contribution in [3.63, 3.8) is 0 Å². The zero-order chi connectivity index (χ0) is 30.9. The summed E-state index contributed by atoms with van der Waals surface area (Å²) in [5.74, 6) is -5.97. The zero-order valence-electron chi connectivity index (χ0n) is 23.7. The molecule has 11 nitrogen and oxygen atoms in total. The predicted octanol–water partition coefficient (Wildman–Crippen LogP) is 2.19. The topological polar surface area (TPSA) is 184 Å². The molecule has 222 valence electrons. The molecule has 0 aliphatic heterocycles. The quantitative estimate of drug-likeness (QED) is 0.257. The van der Waals surface area contributed by atoms with Crippen molar-refractivity contribution in [1.82, 2.24) is 10.2 Å². The number of rotatable bonds is 14. The van der Waals surface area contributed by atoms with Crippen molar-refractivity contribution in [2.24, 2.45) is 5.73 Å². The van der Waals surface area contributed by atoms with Crippen LogP contribution >= 0.6 is 0 Å². The van der Waals surface area contributed by atoms with Gasteiger partial charge >= 0.3 is 11.9 Å². The number of hydrogen-bond donors (Lipinski definition) is 4. The molecule has 0 saturated heterocycles. The summed E-state index contributed by atoms with van der Waals surface area (Å²) in [6.45, 7) is -0.701. The van der Waals surface area contributed by atoms with Crippen LogP contribution in [0.15, 0.2) is 54.6 Å². The molecule has 41 heavy (non-hydrogen) atoms. The van der Waals surface area contributed by atoms with Crippen LogP contribution in [-0.2, 0) is 34.8 Å². The second-order valence-electron chi connectivity index (χ2n) is 10.3. The van der Waals surface area contributed by atoms with Gasteiger partial charge in [0, 0.05) is 12.5 Å². The number of carboxylic acids is 2. The molecule has 0 unspecified atom stereocenters. The number of carboxylic acid groups (broad SMARTS) is 2. The van der Waals surface area contributed by atoms with E-state index in [2.05, 4.69) is 0 Å². The van der Waals surface area contributed by atoms with Crippen LogP contribution in [0, 0.1) is 0 Å². The SMILES string of the molecule is [2H]N(C(=O)CC[C@H](N)C(=O)O)[C@@H](CS(=O)(=O)Cc1ccc(-c2ccccc2)cc1)C(=O)N(CC(=O)O)C1CCCCC1. The minimum absolute atomic E-state index is 0.241. The minimum Gasteiger partial charge on any atom is -0.480 e. The summed E-state index contributed by atoms with van der Waals surface area (Å²) in [5.41, 5.74) is 7.73. The Morgan fingerprint density at radius 1 is 0.976 bits per heavy atom. The van der Waals surface area contributed by atoms with Gasteiger partial charge in [0.15, 0.2) is 11.2 Å². The van der Waals surface area contributed by atoms with Gasteiger partial charge in [-0.2, -0.15) is 0 Å². The smallest absolute Gasteiger partial charge is 0.323 e. The van der Waals surface area contributed by atoms with Crippen LogP contribution in [0.3, 0.4) is 0 Å². The highest BCUT2D eigenvalue weighted by atomic mass is 32.2. The Morgan fingerprint density at radius 2 is 1.59 bits per heavy atom. The van der Waals surface area contributed by atoms with Gasteiger partial charge in [-0.05, 0) is 36.0 Å². The Bertz CT molecular complexity index is 1350. The highest BCUT2D eigenvalue weighted by Crippen LogP contribution is 2.24. The molecule has 1 aliphatic carbocycles. The van der Waals surface area contributed by atoms with E-state index in [1.165, 1.54) is 0 Å². The van der Waals surface area contributed by atoms with Crippen molar-refractivity contribution >= 4 is 33.6 Å². The number of nitrogens with two attached hydrogens (primary N) is 1. The molecule has 0 radical (unpaired) electrons. The van der Waals surface area contributed by atoms with E-state index in [0.717, 1.165) is 35.3 Å². The van der Waals surface area contributed by atoms with Gasteiger partial charge in [0.2, 0.25) is 11.8 Å². The first-order valence-electron chi connectivity index (χ1n) is 14.0. The Kier molecular flexibility index (Phi) is 10.9. The highest BCUT2D eigenvalue weighted by molar-refractivity contribution is 7.90. The van der Waals surface area contributed by atoms with Gasteiger partial charge in [-0.25, -0.2) is 8.42 Å². The van der Waals surface area contributed by atoms with Crippen LogP contribution in [0.4, 0.5) is 0 Å². The summed E-state index contributed by atoms with van der Waals surface area (Å²) in [7, 11) is -4.10. The molecule has 5 N–H and O–H groups in total. The van der Waals surface area contributed by atoms with Gasteiger partial charge in [0.25, 0.3) is 0 Å². The first-order chi connectivity index (χ1) is 19.9. The normalized spacial score (nSPS) is 15.8. The van der Waals surface area contributed by atoms with Gasteiger partial charge in [-0.3, -0.25) is 19.2 Å².